The summed E-state index contributed by atoms with van der Waals surface area (Å²) in [5.74, 6) is 1.01. The quantitative estimate of drug-likeness (QED) is 0.797. The van der Waals surface area contributed by atoms with Crippen LogP contribution in [0.5, 0.6) is 0 Å². The van der Waals surface area contributed by atoms with Crippen LogP contribution in [0.25, 0.3) is 11.0 Å². The van der Waals surface area contributed by atoms with Gasteiger partial charge in [-0.25, -0.2) is 9.97 Å². The highest BCUT2D eigenvalue weighted by molar-refractivity contribution is 5.87. The first kappa shape index (κ1) is 14.5. The number of piperazine rings is 1. The molecule has 3 rings (SSSR count). The van der Waals surface area contributed by atoms with Gasteiger partial charge in [-0.1, -0.05) is 18.2 Å². The molecule has 0 bridgehead atoms. The fourth-order valence-electron chi connectivity index (χ4n) is 2.77. The molecule has 1 saturated heterocycles. The van der Waals surface area contributed by atoms with E-state index in [9.17, 15) is 4.79 Å². The minimum Gasteiger partial charge on any atom is -0.352 e. The number of nitrogens with zero attached hydrogens (tertiary/aromatic N) is 4. The van der Waals surface area contributed by atoms with Crippen LogP contribution in [0.1, 0.15) is 12.6 Å². The second-order valence-corrected chi connectivity index (χ2v) is 5.43. The topological polar surface area (TPSA) is 49.3 Å². The van der Waals surface area contributed by atoms with E-state index in [1.807, 2.05) is 43.0 Å². The largest absolute Gasteiger partial charge is 0.352 e. The molecule has 5 heteroatoms. The smallest absolute Gasteiger partial charge is 0.246 e. The predicted molar refractivity (Wildman–Crippen MR) is 87.9 cm³/mol. The van der Waals surface area contributed by atoms with E-state index in [1.54, 1.807) is 12.2 Å². The molecule has 0 aliphatic carbocycles. The van der Waals surface area contributed by atoms with Gasteiger partial charge in [0, 0.05) is 26.2 Å². The number of hydrogen-bond acceptors (Lipinski definition) is 4. The summed E-state index contributed by atoms with van der Waals surface area (Å²) in [5, 5.41) is 0. The molecule has 0 radical (unpaired) electrons. The van der Waals surface area contributed by atoms with Crippen molar-refractivity contribution in [3.8, 4) is 0 Å². The summed E-state index contributed by atoms with van der Waals surface area (Å²) in [6, 6.07) is 7.91. The number of carbonyl (C=O) groups is 1. The predicted octanol–water partition coefficient (Wildman–Crippen LogP) is 2.16. The summed E-state index contributed by atoms with van der Waals surface area (Å²) in [6.45, 7) is 6.87. The summed E-state index contributed by atoms with van der Waals surface area (Å²) in [4.78, 5) is 25.4. The maximum absolute atomic E-state index is 11.9. The maximum atomic E-state index is 11.9. The van der Waals surface area contributed by atoms with E-state index >= 15 is 0 Å². The number of carbonyl (C=O) groups excluding carboxylic acids is 1. The van der Waals surface area contributed by atoms with Gasteiger partial charge in [-0.2, -0.15) is 0 Å². The third-order valence-electron chi connectivity index (χ3n) is 3.92. The zero-order valence-corrected chi connectivity index (χ0v) is 13.0. The van der Waals surface area contributed by atoms with Crippen LogP contribution in [-0.2, 0) is 4.79 Å². The Morgan fingerprint density at radius 3 is 2.36 bits per heavy atom. The van der Waals surface area contributed by atoms with Gasteiger partial charge in [0.15, 0.2) is 5.82 Å². The molecule has 5 nitrogen and oxygen atoms in total. The number of aryl methyl sites for hydroxylation is 1. The van der Waals surface area contributed by atoms with Crippen molar-refractivity contribution in [1.82, 2.24) is 14.9 Å². The molecular weight excluding hydrogens is 276 g/mol. The number of hydrogen-bond donors (Lipinski definition) is 0. The second-order valence-electron chi connectivity index (χ2n) is 5.43. The molecule has 0 unspecified atom stereocenters. The van der Waals surface area contributed by atoms with Crippen molar-refractivity contribution in [1.29, 1.82) is 0 Å². The Labute approximate surface area is 130 Å². The average molecular weight is 296 g/mol. The van der Waals surface area contributed by atoms with Crippen molar-refractivity contribution in [2.75, 3.05) is 31.1 Å². The van der Waals surface area contributed by atoms with Crippen LogP contribution < -0.4 is 4.90 Å². The van der Waals surface area contributed by atoms with Crippen LogP contribution in [0.4, 0.5) is 5.82 Å². The van der Waals surface area contributed by atoms with Crippen molar-refractivity contribution in [2.45, 2.75) is 13.8 Å². The third kappa shape index (κ3) is 2.79. The van der Waals surface area contributed by atoms with Gasteiger partial charge in [0.2, 0.25) is 5.91 Å². The normalized spacial score (nSPS) is 15.7. The first-order valence-electron chi connectivity index (χ1n) is 7.59. The van der Waals surface area contributed by atoms with Crippen LogP contribution in [0, 0.1) is 6.92 Å². The van der Waals surface area contributed by atoms with E-state index in [-0.39, 0.29) is 5.91 Å². The Kier molecular flexibility index (Phi) is 4.04. The molecule has 2 heterocycles. The number of aromatic nitrogens is 2. The highest BCUT2D eigenvalue weighted by Gasteiger charge is 2.22. The van der Waals surface area contributed by atoms with Crippen molar-refractivity contribution in [3.05, 3.63) is 42.1 Å². The standard InChI is InChI=1S/C17H20N4O/c1-3-6-16(22)20-9-11-21(12-10-20)17-13(2)18-14-7-4-5-8-15(14)19-17/h3-8H,9-12H2,1-2H3/b6-3+. The molecule has 114 valence electrons. The first-order chi connectivity index (χ1) is 10.7. The second kappa shape index (κ2) is 6.13. The first-order valence-corrected chi connectivity index (χ1v) is 7.59. The van der Waals surface area contributed by atoms with Gasteiger partial charge in [0.1, 0.15) is 0 Å². The van der Waals surface area contributed by atoms with Crippen LogP contribution in [-0.4, -0.2) is 47.0 Å². The molecule has 22 heavy (non-hydrogen) atoms. The van der Waals surface area contributed by atoms with Gasteiger partial charge in [0.05, 0.1) is 16.7 Å². The number of fused-ring (bicyclic) bond motifs is 1. The van der Waals surface area contributed by atoms with E-state index in [1.165, 1.54) is 0 Å². The van der Waals surface area contributed by atoms with Gasteiger partial charge < -0.3 is 9.80 Å². The Bertz CT molecular complexity index is 718. The number of amides is 1. The van der Waals surface area contributed by atoms with Gasteiger partial charge in [-0.3, -0.25) is 4.79 Å². The van der Waals surface area contributed by atoms with Crippen molar-refractivity contribution in [3.63, 3.8) is 0 Å². The molecule has 1 amide bonds. The minimum atomic E-state index is 0.0865. The number of allylic oxidation sites excluding steroid dienone is 1. The minimum absolute atomic E-state index is 0.0865. The lowest BCUT2D eigenvalue weighted by Crippen LogP contribution is -2.48. The number of benzene rings is 1. The Morgan fingerprint density at radius 2 is 1.73 bits per heavy atom. The maximum Gasteiger partial charge on any atom is 0.246 e. The van der Waals surface area contributed by atoms with Crippen molar-refractivity contribution in [2.24, 2.45) is 0 Å². The van der Waals surface area contributed by atoms with Gasteiger partial charge in [-0.05, 0) is 32.1 Å². The zero-order chi connectivity index (χ0) is 15.5. The highest BCUT2D eigenvalue weighted by atomic mass is 16.2. The Morgan fingerprint density at radius 1 is 1.09 bits per heavy atom. The molecular formula is C17H20N4O. The lowest BCUT2D eigenvalue weighted by atomic mass is 10.2. The van der Waals surface area contributed by atoms with Crippen molar-refractivity contribution >= 4 is 22.8 Å². The number of anilines is 1. The fraction of sp³-hybridized carbons (Fsp3) is 0.353. The van der Waals surface area contributed by atoms with E-state index in [0.717, 1.165) is 48.7 Å². The molecule has 1 aliphatic rings. The molecule has 2 aromatic rings. The summed E-state index contributed by atoms with van der Waals surface area (Å²) in [6.07, 6.45) is 3.41. The molecule has 1 aromatic carbocycles. The summed E-state index contributed by atoms with van der Waals surface area (Å²) >= 11 is 0. The Hall–Kier alpha value is -2.43. The molecule has 1 aliphatic heterocycles. The summed E-state index contributed by atoms with van der Waals surface area (Å²) in [7, 11) is 0. The zero-order valence-electron chi connectivity index (χ0n) is 13.0. The molecule has 0 N–H and O–H groups in total. The summed E-state index contributed by atoms with van der Waals surface area (Å²) in [5.41, 5.74) is 2.77. The lowest BCUT2D eigenvalue weighted by molar-refractivity contribution is -0.126. The molecule has 0 atom stereocenters. The van der Waals surface area contributed by atoms with E-state index in [0.29, 0.717) is 0 Å². The monoisotopic (exact) mass is 296 g/mol. The molecule has 1 fully saturated rings. The molecule has 0 spiro atoms. The third-order valence-corrected chi connectivity index (χ3v) is 3.92. The molecule has 0 saturated carbocycles. The van der Waals surface area contributed by atoms with E-state index in [2.05, 4.69) is 9.88 Å². The van der Waals surface area contributed by atoms with Crippen molar-refractivity contribution < 1.29 is 4.79 Å². The molecule has 1 aromatic heterocycles. The van der Waals surface area contributed by atoms with E-state index in [4.69, 9.17) is 4.98 Å². The fourth-order valence-corrected chi connectivity index (χ4v) is 2.77. The SMILES string of the molecule is C/C=C/C(=O)N1CCN(c2nc3ccccc3nc2C)CC1. The van der Waals surface area contributed by atoms with Crippen LogP contribution in [0.2, 0.25) is 0 Å². The van der Waals surface area contributed by atoms with Crippen LogP contribution in [0.15, 0.2) is 36.4 Å². The van der Waals surface area contributed by atoms with E-state index < -0.39 is 0 Å². The Balaban J connectivity index is 1.79. The lowest BCUT2D eigenvalue weighted by Gasteiger charge is -2.35. The summed E-state index contributed by atoms with van der Waals surface area (Å²) < 4.78 is 0. The van der Waals surface area contributed by atoms with Crippen LogP contribution in [0.3, 0.4) is 0 Å². The van der Waals surface area contributed by atoms with Gasteiger partial charge in [0.25, 0.3) is 0 Å². The number of rotatable bonds is 2. The number of para-hydroxylation sites is 2. The van der Waals surface area contributed by atoms with Gasteiger partial charge in [-0.15, -0.1) is 0 Å². The van der Waals surface area contributed by atoms with Gasteiger partial charge >= 0.3 is 0 Å². The average Bonchev–Trinajstić information content (AvgIpc) is 2.54. The van der Waals surface area contributed by atoms with Crippen LogP contribution >= 0.6 is 0 Å². The highest BCUT2D eigenvalue weighted by Crippen LogP contribution is 2.21.